The second kappa shape index (κ2) is 7.95. The summed E-state index contributed by atoms with van der Waals surface area (Å²) in [6, 6.07) is 3.65. The van der Waals surface area contributed by atoms with E-state index >= 15 is 0 Å². The Bertz CT molecular complexity index is 320. The van der Waals surface area contributed by atoms with Crippen molar-refractivity contribution in [3.05, 3.63) is 0 Å². The largest absolute Gasteiger partial charge is 0.414 e. The van der Waals surface area contributed by atoms with Crippen LogP contribution in [-0.4, -0.2) is 28.3 Å². The topological polar surface area (TPSA) is 18.5 Å². The Morgan fingerprint density at radius 3 is 1.59 bits per heavy atom. The maximum absolute atomic E-state index is 6.65. The van der Waals surface area contributed by atoms with Gasteiger partial charge < -0.3 is 8.85 Å². The van der Waals surface area contributed by atoms with Crippen molar-refractivity contribution in [2.24, 2.45) is 0 Å². The summed E-state index contributed by atoms with van der Waals surface area (Å²) in [5, 5.41) is 0.253. The maximum Gasteiger partial charge on any atom is 0.192 e. The summed E-state index contributed by atoms with van der Waals surface area (Å²) in [7, 11) is -3.25. The van der Waals surface area contributed by atoms with Gasteiger partial charge in [0.15, 0.2) is 16.6 Å². The molecule has 4 heteroatoms. The highest BCUT2D eigenvalue weighted by molar-refractivity contribution is 6.74. The monoisotopic (exact) mass is 346 g/mol. The van der Waals surface area contributed by atoms with Crippen LogP contribution in [-0.2, 0) is 8.85 Å². The van der Waals surface area contributed by atoms with E-state index in [1.165, 1.54) is 18.1 Å². The van der Waals surface area contributed by atoms with Crippen molar-refractivity contribution in [1.82, 2.24) is 0 Å². The van der Waals surface area contributed by atoms with E-state index in [4.69, 9.17) is 8.85 Å². The third kappa shape index (κ3) is 6.46. The van der Waals surface area contributed by atoms with E-state index < -0.39 is 16.6 Å². The molecule has 0 saturated carbocycles. The van der Waals surface area contributed by atoms with Gasteiger partial charge in [-0.05, 0) is 63.5 Å². The van der Waals surface area contributed by atoms with E-state index in [1.807, 2.05) is 0 Å². The van der Waals surface area contributed by atoms with Crippen LogP contribution in [0.15, 0.2) is 0 Å². The molecule has 0 radical (unpaired) electrons. The maximum atomic E-state index is 6.65. The van der Waals surface area contributed by atoms with Gasteiger partial charge in [0, 0.05) is 6.10 Å². The van der Waals surface area contributed by atoms with E-state index in [2.05, 4.69) is 75.4 Å². The number of hydrogen-bond donors (Lipinski definition) is 0. The van der Waals surface area contributed by atoms with Gasteiger partial charge in [-0.3, -0.25) is 0 Å². The molecule has 0 aliphatic rings. The minimum absolute atomic E-state index is 0.113. The Morgan fingerprint density at radius 2 is 1.27 bits per heavy atom. The molecule has 0 N–H and O–H groups in total. The van der Waals surface area contributed by atoms with Crippen LogP contribution in [0.2, 0.25) is 36.3 Å². The Balaban J connectivity index is 4.85. The molecule has 22 heavy (non-hydrogen) atoms. The van der Waals surface area contributed by atoms with E-state index in [0.29, 0.717) is 0 Å². The van der Waals surface area contributed by atoms with Gasteiger partial charge in [0.05, 0.1) is 5.60 Å². The van der Waals surface area contributed by atoms with Crippen LogP contribution in [0, 0.1) is 0 Å². The standard InChI is InChI=1S/C18H42O2Si2/c1-12-22(13-2,14-3)19-16(4)15-18(8,9)20-21(10,11)17(5,6)7/h16H,12-15H2,1-11H3. The molecule has 0 saturated heterocycles. The van der Waals surface area contributed by atoms with Crippen LogP contribution >= 0.6 is 0 Å². The molecular weight excluding hydrogens is 304 g/mol. The lowest BCUT2D eigenvalue weighted by Crippen LogP contribution is -2.49. The summed E-state index contributed by atoms with van der Waals surface area (Å²) in [6.07, 6.45) is 1.26. The molecule has 134 valence electrons. The average molecular weight is 347 g/mol. The van der Waals surface area contributed by atoms with Gasteiger partial charge in [-0.15, -0.1) is 0 Å². The molecule has 2 nitrogen and oxygen atoms in total. The molecule has 0 aliphatic carbocycles. The Labute approximate surface area is 142 Å². The summed E-state index contributed by atoms with van der Waals surface area (Å²) >= 11 is 0. The fourth-order valence-electron chi connectivity index (χ4n) is 3.05. The van der Waals surface area contributed by atoms with Gasteiger partial charge in [-0.2, -0.15) is 0 Å². The zero-order valence-corrected chi connectivity index (χ0v) is 19.2. The van der Waals surface area contributed by atoms with Crippen molar-refractivity contribution >= 4 is 16.6 Å². The van der Waals surface area contributed by atoms with Crippen molar-refractivity contribution in [2.45, 2.75) is 117 Å². The molecule has 0 aromatic heterocycles. The normalized spacial score (nSPS) is 16.0. The third-order valence-electron chi connectivity index (χ3n) is 5.50. The summed E-state index contributed by atoms with van der Waals surface area (Å²) in [6.45, 7) is 25.2. The van der Waals surface area contributed by atoms with Gasteiger partial charge in [0.1, 0.15) is 0 Å². The molecule has 0 aliphatic heterocycles. The fourth-order valence-corrected chi connectivity index (χ4v) is 7.75. The highest BCUT2D eigenvalue weighted by Crippen LogP contribution is 2.40. The minimum Gasteiger partial charge on any atom is -0.414 e. The molecule has 0 heterocycles. The Morgan fingerprint density at radius 1 is 0.864 bits per heavy atom. The third-order valence-corrected chi connectivity index (χ3v) is 14.9. The van der Waals surface area contributed by atoms with Crippen molar-refractivity contribution in [3.63, 3.8) is 0 Å². The zero-order chi connectivity index (χ0) is 17.8. The second-order valence-electron chi connectivity index (χ2n) is 9.00. The quantitative estimate of drug-likeness (QED) is 0.438. The van der Waals surface area contributed by atoms with Gasteiger partial charge in [0.2, 0.25) is 0 Å². The van der Waals surface area contributed by atoms with Crippen molar-refractivity contribution < 1.29 is 8.85 Å². The van der Waals surface area contributed by atoms with Gasteiger partial charge in [-0.1, -0.05) is 41.5 Å². The molecule has 0 aromatic rings. The average Bonchev–Trinajstić information content (AvgIpc) is 2.32. The first-order chi connectivity index (χ1) is 9.74. The van der Waals surface area contributed by atoms with Gasteiger partial charge in [-0.25, -0.2) is 0 Å². The van der Waals surface area contributed by atoms with Crippen molar-refractivity contribution in [2.75, 3.05) is 0 Å². The number of hydrogen-bond acceptors (Lipinski definition) is 2. The molecule has 0 rings (SSSR count). The number of rotatable bonds is 9. The SMILES string of the molecule is CC[Si](CC)(CC)OC(C)CC(C)(C)O[Si](C)(C)C(C)(C)C. The molecular formula is C18H42O2Si2. The Hall–Kier alpha value is 0.354. The molecule has 0 aromatic carbocycles. The van der Waals surface area contributed by atoms with Gasteiger partial charge >= 0.3 is 0 Å². The van der Waals surface area contributed by atoms with Gasteiger partial charge in [0.25, 0.3) is 0 Å². The predicted molar refractivity (Wildman–Crippen MR) is 105 cm³/mol. The predicted octanol–water partition coefficient (Wildman–Crippen LogP) is 6.59. The molecule has 0 spiro atoms. The summed E-state index contributed by atoms with van der Waals surface area (Å²) in [5.41, 5.74) is -0.113. The van der Waals surface area contributed by atoms with Crippen LogP contribution in [0.3, 0.4) is 0 Å². The van der Waals surface area contributed by atoms with E-state index in [-0.39, 0.29) is 16.7 Å². The second-order valence-corrected chi connectivity index (χ2v) is 18.4. The van der Waals surface area contributed by atoms with Crippen LogP contribution < -0.4 is 0 Å². The van der Waals surface area contributed by atoms with Crippen LogP contribution in [0.25, 0.3) is 0 Å². The van der Waals surface area contributed by atoms with E-state index in [0.717, 1.165) is 6.42 Å². The first kappa shape index (κ1) is 22.4. The van der Waals surface area contributed by atoms with E-state index in [1.54, 1.807) is 0 Å². The Kier molecular flexibility index (Phi) is 8.08. The molecule has 1 atom stereocenters. The smallest absolute Gasteiger partial charge is 0.192 e. The molecule has 0 bridgehead atoms. The summed E-state index contributed by atoms with van der Waals surface area (Å²) in [5.74, 6) is 0. The summed E-state index contributed by atoms with van der Waals surface area (Å²) in [4.78, 5) is 0. The zero-order valence-electron chi connectivity index (χ0n) is 17.2. The van der Waals surface area contributed by atoms with Crippen molar-refractivity contribution in [3.8, 4) is 0 Å². The van der Waals surface area contributed by atoms with Crippen LogP contribution in [0.1, 0.15) is 68.7 Å². The fraction of sp³-hybridized carbons (Fsp3) is 1.00. The van der Waals surface area contributed by atoms with Crippen LogP contribution in [0.4, 0.5) is 0 Å². The highest BCUT2D eigenvalue weighted by Gasteiger charge is 2.42. The summed E-state index contributed by atoms with van der Waals surface area (Å²) < 4.78 is 13.2. The highest BCUT2D eigenvalue weighted by atomic mass is 28.4. The minimum atomic E-state index is -1.73. The molecule has 0 fully saturated rings. The first-order valence-electron chi connectivity index (χ1n) is 9.12. The lowest BCUT2D eigenvalue weighted by Gasteiger charge is -2.44. The van der Waals surface area contributed by atoms with Crippen LogP contribution in [0.5, 0.6) is 0 Å². The van der Waals surface area contributed by atoms with E-state index in [9.17, 15) is 0 Å². The first-order valence-corrected chi connectivity index (χ1v) is 14.6. The molecule has 0 amide bonds. The lowest BCUT2D eigenvalue weighted by atomic mass is 10.0. The lowest BCUT2D eigenvalue weighted by molar-refractivity contribution is 0.0389. The van der Waals surface area contributed by atoms with Crippen molar-refractivity contribution in [1.29, 1.82) is 0 Å². The molecule has 1 unspecified atom stereocenters.